The standard InChI is InChI=1S/C7H13NO5S/c1-3(10)8-7-6(12)5(11)4(2-9)13-14-7/h4-7,9,11-12H,2H2,1H3,(H,8,10)/t4-,5+,6+,7+/m1/s1. The van der Waals surface area contributed by atoms with Crippen LogP contribution < -0.4 is 5.32 Å². The Morgan fingerprint density at radius 2 is 2.14 bits per heavy atom. The van der Waals surface area contributed by atoms with Gasteiger partial charge < -0.3 is 24.8 Å². The summed E-state index contributed by atoms with van der Waals surface area (Å²) in [4.78, 5) is 10.7. The van der Waals surface area contributed by atoms with E-state index < -0.39 is 23.7 Å². The number of carbonyl (C=O) groups excluding carboxylic acids is 1. The fraction of sp³-hybridized carbons (Fsp3) is 0.857. The quantitative estimate of drug-likeness (QED) is 0.413. The Balaban J connectivity index is 2.54. The van der Waals surface area contributed by atoms with Crippen LogP contribution in [-0.4, -0.2) is 51.5 Å². The Morgan fingerprint density at radius 3 is 2.64 bits per heavy atom. The lowest BCUT2D eigenvalue weighted by Gasteiger charge is -2.35. The van der Waals surface area contributed by atoms with Gasteiger partial charge in [0.05, 0.1) is 6.61 Å². The van der Waals surface area contributed by atoms with E-state index in [4.69, 9.17) is 9.29 Å². The summed E-state index contributed by atoms with van der Waals surface area (Å²) in [6.07, 6.45) is -3.16. The molecule has 4 N–H and O–H groups in total. The number of hydrogen-bond acceptors (Lipinski definition) is 6. The summed E-state index contributed by atoms with van der Waals surface area (Å²) < 4.78 is 4.97. The lowest BCUT2D eigenvalue weighted by atomic mass is 10.1. The second-order valence-corrected chi connectivity index (χ2v) is 3.91. The van der Waals surface area contributed by atoms with Crippen molar-refractivity contribution in [2.24, 2.45) is 0 Å². The first-order valence-corrected chi connectivity index (χ1v) is 4.93. The molecule has 1 amide bonds. The maximum atomic E-state index is 10.7. The van der Waals surface area contributed by atoms with Crippen LogP contribution in [0.15, 0.2) is 0 Å². The summed E-state index contributed by atoms with van der Waals surface area (Å²) in [5, 5.41) is 29.4. The number of aliphatic hydroxyl groups excluding tert-OH is 3. The SMILES string of the molecule is CC(=O)N[C@H]1SO[C@H](CO)[C@H](O)[C@@H]1O. The molecule has 14 heavy (non-hydrogen) atoms. The third-order valence-corrected chi connectivity index (χ3v) is 2.81. The Bertz CT molecular complexity index is 214. The average Bonchev–Trinajstić information content (AvgIpc) is 2.13. The van der Waals surface area contributed by atoms with Crippen LogP contribution in [-0.2, 0) is 8.98 Å². The van der Waals surface area contributed by atoms with Crippen molar-refractivity contribution in [2.75, 3.05) is 6.61 Å². The molecule has 7 heteroatoms. The minimum Gasteiger partial charge on any atom is -0.394 e. The van der Waals surface area contributed by atoms with Gasteiger partial charge >= 0.3 is 0 Å². The van der Waals surface area contributed by atoms with Crippen molar-refractivity contribution in [1.82, 2.24) is 5.32 Å². The molecule has 0 aromatic rings. The Kier molecular flexibility index (Phi) is 4.14. The van der Waals surface area contributed by atoms with E-state index in [2.05, 4.69) is 5.32 Å². The average molecular weight is 223 g/mol. The predicted octanol–water partition coefficient (Wildman–Crippen LogP) is -1.79. The van der Waals surface area contributed by atoms with Gasteiger partial charge in [-0.1, -0.05) is 0 Å². The van der Waals surface area contributed by atoms with E-state index in [1.807, 2.05) is 0 Å². The van der Waals surface area contributed by atoms with Crippen LogP contribution in [0.2, 0.25) is 0 Å². The highest BCUT2D eigenvalue weighted by Gasteiger charge is 2.39. The van der Waals surface area contributed by atoms with Crippen LogP contribution >= 0.6 is 12.0 Å². The molecule has 0 aromatic carbocycles. The summed E-state index contributed by atoms with van der Waals surface area (Å²) in [6.45, 7) is 0.926. The van der Waals surface area contributed by atoms with Gasteiger partial charge in [-0.25, -0.2) is 0 Å². The van der Waals surface area contributed by atoms with E-state index in [0.29, 0.717) is 0 Å². The van der Waals surface area contributed by atoms with Crippen molar-refractivity contribution >= 4 is 17.9 Å². The highest BCUT2D eigenvalue weighted by molar-refractivity contribution is 7.95. The molecule has 1 rings (SSSR count). The third-order valence-electron chi connectivity index (χ3n) is 1.85. The van der Waals surface area contributed by atoms with Crippen molar-refractivity contribution in [3.8, 4) is 0 Å². The molecule has 82 valence electrons. The van der Waals surface area contributed by atoms with E-state index in [9.17, 15) is 15.0 Å². The minimum absolute atomic E-state index is 0.320. The summed E-state index contributed by atoms with van der Waals surface area (Å²) >= 11 is 0.834. The van der Waals surface area contributed by atoms with Crippen molar-refractivity contribution in [3.05, 3.63) is 0 Å². The van der Waals surface area contributed by atoms with Crippen LogP contribution in [0.1, 0.15) is 6.92 Å². The van der Waals surface area contributed by atoms with Gasteiger partial charge in [0.15, 0.2) is 0 Å². The lowest BCUT2D eigenvalue weighted by Crippen LogP contribution is -2.54. The highest BCUT2D eigenvalue weighted by atomic mass is 32.2. The molecule has 0 radical (unpaired) electrons. The third kappa shape index (κ3) is 2.58. The zero-order valence-corrected chi connectivity index (χ0v) is 8.40. The summed E-state index contributed by atoms with van der Waals surface area (Å²) in [5.74, 6) is -0.320. The van der Waals surface area contributed by atoms with Gasteiger partial charge in [0.1, 0.15) is 23.7 Å². The van der Waals surface area contributed by atoms with Crippen LogP contribution in [0, 0.1) is 0 Å². The number of hydrogen-bond donors (Lipinski definition) is 4. The molecule has 0 bridgehead atoms. The van der Waals surface area contributed by atoms with Crippen LogP contribution in [0.4, 0.5) is 0 Å². The first-order valence-electron chi connectivity index (χ1n) is 4.12. The molecule has 0 unspecified atom stereocenters. The molecule has 1 saturated heterocycles. The number of amides is 1. The van der Waals surface area contributed by atoms with Crippen molar-refractivity contribution in [1.29, 1.82) is 0 Å². The van der Waals surface area contributed by atoms with Crippen LogP contribution in [0.5, 0.6) is 0 Å². The minimum atomic E-state index is -1.20. The maximum absolute atomic E-state index is 10.7. The Morgan fingerprint density at radius 1 is 1.50 bits per heavy atom. The van der Waals surface area contributed by atoms with E-state index in [1.165, 1.54) is 6.92 Å². The molecule has 1 heterocycles. The molecular weight excluding hydrogens is 210 g/mol. The molecule has 6 nitrogen and oxygen atoms in total. The fourth-order valence-electron chi connectivity index (χ4n) is 1.09. The first kappa shape index (κ1) is 11.7. The van der Waals surface area contributed by atoms with Gasteiger partial charge in [-0.05, 0) is 0 Å². The monoisotopic (exact) mass is 223 g/mol. The normalized spacial score (nSPS) is 38.0. The van der Waals surface area contributed by atoms with Crippen molar-refractivity contribution in [2.45, 2.75) is 30.6 Å². The molecule has 0 aliphatic carbocycles. The molecule has 0 aromatic heterocycles. The highest BCUT2D eigenvalue weighted by Crippen LogP contribution is 2.27. The van der Waals surface area contributed by atoms with E-state index >= 15 is 0 Å². The number of carbonyl (C=O) groups is 1. The lowest BCUT2D eigenvalue weighted by molar-refractivity contribution is -0.122. The smallest absolute Gasteiger partial charge is 0.217 e. The maximum Gasteiger partial charge on any atom is 0.217 e. The molecule has 0 saturated carbocycles. The molecule has 4 atom stereocenters. The zero-order chi connectivity index (χ0) is 10.7. The van der Waals surface area contributed by atoms with Gasteiger partial charge in [0, 0.05) is 19.0 Å². The molecule has 1 aliphatic rings. The zero-order valence-electron chi connectivity index (χ0n) is 7.58. The molecular formula is C7H13NO5S. The molecule has 1 fully saturated rings. The Hall–Kier alpha value is -0.340. The van der Waals surface area contributed by atoms with Gasteiger partial charge in [-0.3, -0.25) is 4.79 Å². The van der Waals surface area contributed by atoms with Gasteiger partial charge in [0.25, 0.3) is 0 Å². The predicted molar refractivity (Wildman–Crippen MR) is 49.2 cm³/mol. The Labute approximate surface area is 85.5 Å². The van der Waals surface area contributed by atoms with Crippen LogP contribution in [0.25, 0.3) is 0 Å². The van der Waals surface area contributed by atoms with Gasteiger partial charge in [-0.2, -0.15) is 0 Å². The van der Waals surface area contributed by atoms with E-state index in [0.717, 1.165) is 12.0 Å². The van der Waals surface area contributed by atoms with E-state index in [-0.39, 0.29) is 12.5 Å². The van der Waals surface area contributed by atoms with Gasteiger partial charge in [-0.15, -0.1) is 0 Å². The van der Waals surface area contributed by atoms with E-state index in [1.54, 1.807) is 0 Å². The first-order chi connectivity index (χ1) is 6.56. The topological polar surface area (TPSA) is 99.0 Å². The van der Waals surface area contributed by atoms with Crippen molar-refractivity contribution < 1.29 is 24.3 Å². The molecule has 0 spiro atoms. The largest absolute Gasteiger partial charge is 0.394 e. The summed E-state index contributed by atoms with van der Waals surface area (Å²) in [6, 6.07) is 0. The molecule has 1 aliphatic heterocycles. The second-order valence-electron chi connectivity index (χ2n) is 3.02. The summed E-state index contributed by atoms with van der Waals surface area (Å²) in [7, 11) is 0. The summed E-state index contributed by atoms with van der Waals surface area (Å²) in [5.41, 5.74) is 0. The number of aliphatic hydroxyl groups is 3. The van der Waals surface area contributed by atoms with Crippen molar-refractivity contribution in [3.63, 3.8) is 0 Å². The fourth-order valence-corrected chi connectivity index (χ4v) is 2.02. The van der Waals surface area contributed by atoms with Crippen LogP contribution in [0.3, 0.4) is 0 Å². The number of nitrogens with one attached hydrogen (secondary N) is 1. The van der Waals surface area contributed by atoms with Gasteiger partial charge in [0.2, 0.25) is 5.91 Å². The number of rotatable bonds is 2. The second kappa shape index (κ2) is 4.94.